The maximum atomic E-state index is 2.49. The summed E-state index contributed by atoms with van der Waals surface area (Å²) in [5.41, 5.74) is 18.2. The van der Waals surface area contributed by atoms with Crippen molar-refractivity contribution in [2.75, 3.05) is 4.90 Å². The minimum Gasteiger partial charge on any atom is -0.310 e. The van der Waals surface area contributed by atoms with Gasteiger partial charge in [-0.15, -0.1) is 0 Å². The molecule has 0 aliphatic heterocycles. The summed E-state index contributed by atoms with van der Waals surface area (Å²) in [5.74, 6) is 0. The number of nitrogens with zero attached hydrogens (tertiary/aromatic N) is 1. The standard InChI is InChI=1S/C59H43N/c1-59(2)55-30-16-15-28-51(55)52-37-36-45(39-56(52)59)60(44-34-32-41(33-35-44)47-24-12-11-23-46(47)40-18-5-3-6-19-40)57-31-17-29-53(58(57)42-20-7-4-8-21-42)54-38-43-22-9-10-25-48(43)49-26-13-14-27-50(49)54/h3-39H,1-2H3. The van der Waals surface area contributed by atoms with Crippen molar-refractivity contribution in [3.8, 4) is 55.6 Å². The van der Waals surface area contributed by atoms with Crippen LogP contribution < -0.4 is 4.90 Å². The van der Waals surface area contributed by atoms with Crippen LogP contribution in [0.3, 0.4) is 0 Å². The maximum absolute atomic E-state index is 2.49. The predicted octanol–water partition coefficient (Wildman–Crippen LogP) is 16.4. The van der Waals surface area contributed by atoms with E-state index in [0.717, 1.165) is 17.1 Å². The molecule has 0 saturated carbocycles. The van der Waals surface area contributed by atoms with E-state index in [-0.39, 0.29) is 5.41 Å². The van der Waals surface area contributed by atoms with E-state index in [1.165, 1.54) is 88.3 Å². The second-order valence-electron chi connectivity index (χ2n) is 16.5. The molecule has 0 bridgehead atoms. The van der Waals surface area contributed by atoms with E-state index < -0.39 is 0 Å². The Balaban J connectivity index is 1.16. The fraction of sp³-hybridized carbons (Fsp3) is 0.0508. The van der Waals surface area contributed by atoms with Gasteiger partial charge in [0.25, 0.3) is 0 Å². The molecule has 1 heteroatoms. The highest BCUT2D eigenvalue weighted by molar-refractivity contribution is 6.15. The monoisotopic (exact) mass is 765 g/mol. The van der Waals surface area contributed by atoms with Crippen molar-refractivity contribution in [3.05, 3.63) is 236 Å². The van der Waals surface area contributed by atoms with E-state index in [0.29, 0.717) is 0 Å². The number of fused-ring (bicyclic) bond motifs is 6. The molecular formula is C59H43N. The molecule has 1 nitrogen and oxygen atoms in total. The Hall–Kier alpha value is -7.48. The molecule has 0 heterocycles. The van der Waals surface area contributed by atoms with Crippen molar-refractivity contribution in [1.29, 1.82) is 0 Å². The van der Waals surface area contributed by atoms with E-state index in [1.54, 1.807) is 0 Å². The lowest BCUT2D eigenvalue weighted by atomic mass is 9.82. The lowest BCUT2D eigenvalue weighted by molar-refractivity contribution is 0.660. The third-order valence-corrected chi connectivity index (χ3v) is 12.7. The molecule has 0 spiro atoms. The molecule has 0 atom stereocenters. The van der Waals surface area contributed by atoms with Crippen molar-refractivity contribution in [2.24, 2.45) is 0 Å². The molecule has 10 aromatic rings. The molecule has 0 radical (unpaired) electrons. The SMILES string of the molecule is CC1(C)c2ccccc2-c2ccc(N(c3ccc(-c4ccccc4-c4ccccc4)cc3)c3cccc(-c4cc5ccccc5c5ccccc45)c3-c3ccccc3)cc21. The van der Waals surface area contributed by atoms with E-state index in [2.05, 4.69) is 243 Å². The van der Waals surface area contributed by atoms with E-state index >= 15 is 0 Å². The van der Waals surface area contributed by atoms with E-state index in [4.69, 9.17) is 0 Å². The zero-order valence-corrected chi connectivity index (χ0v) is 33.8. The number of hydrogen-bond donors (Lipinski definition) is 0. The molecule has 1 aliphatic carbocycles. The van der Waals surface area contributed by atoms with Crippen LogP contribution >= 0.6 is 0 Å². The predicted molar refractivity (Wildman–Crippen MR) is 255 cm³/mol. The summed E-state index contributed by atoms with van der Waals surface area (Å²) in [6.07, 6.45) is 0. The fourth-order valence-electron chi connectivity index (χ4n) is 9.79. The molecule has 0 unspecified atom stereocenters. The highest BCUT2D eigenvalue weighted by Gasteiger charge is 2.36. The van der Waals surface area contributed by atoms with Crippen LogP contribution in [0.4, 0.5) is 17.1 Å². The molecule has 60 heavy (non-hydrogen) atoms. The average Bonchev–Trinajstić information content (AvgIpc) is 3.54. The molecule has 284 valence electrons. The van der Waals surface area contributed by atoms with Gasteiger partial charge in [0, 0.05) is 22.4 Å². The van der Waals surface area contributed by atoms with Crippen molar-refractivity contribution in [3.63, 3.8) is 0 Å². The van der Waals surface area contributed by atoms with Gasteiger partial charge in [-0.05, 0) is 119 Å². The van der Waals surface area contributed by atoms with Crippen LogP contribution in [0.1, 0.15) is 25.0 Å². The lowest BCUT2D eigenvalue weighted by Gasteiger charge is -2.31. The summed E-state index contributed by atoms with van der Waals surface area (Å²) < 4.78 is 0. The summed E-state index contributed by atoms with van der Waals surface area (Å²) in [6, 6.07) is 82.5. The summed E-state index contributed by atoms with van der Waals surface area (Å²) in [7, 11) is 0. The minimum atomic E-state index is -0.146. The van der Waals surface area contributed by atoms with Gasteiger partial charge >= 0.3 is 0 Å². The summed E-state index contributed by atoms with van der Waals surface area (Å²) in [4.78, 5) is 2.49. The zero-order chi connectivity index (χ0) is 40.2. The first-order valence-electron chi connectivity index (χ1n) is 20.9. The molecule has 0 saturated heterocycles. The largest absolute Gasteiger partial charge is 0.310 e. The summed E-state index contributed by atoms with van der Waals surface area (Å²) >= 11 is 0. The van der Waals surface area contributed by atoms with Crippen LogP contribution in [0.2, 0.25) is 0 Å². The minimum absolute atomic E-state index is 0.146. The molecular weight excluding hydrogens is 723 g/mol. The van der Waals surface area contributed by atoms with Crippen LogP contribution in [-0.2, 0) is 5.41 Å². The average molecular weight is 766 g/mol. The summed E-state index contributed by atoms with van der Waals surface area (Å²) in [6.45, 7) is 4.73. The molecule has 0 amide bonds. The van der Waals surface area contributed by atoms with Gasteiger partial charge in [0.15, 0.2) is 0 Å². The molecule has 10 aromatic carbocycles. The summed E-state index contributed by atoms with van der Waals surface area (Å²) in [5, 5.41) is 5.01. The van der Waals surface area contributed by atoms with Gasteiger partial charge in [-0.25, -0.2) is 0 Å². The molecule has 0 aromatic heterocycles. The molecule has 0 fully saturated rings. The first kappa shape index (κ1) is 35.7. The number of benzene rings is 10. The van der Waals surface area contributed by atoms with Gasteiger partial charge in [0.1, 0.15) is 0 Å². The van der Waals surface area contributed by atoms with Crippen LogP contribution in [0.15, 0.2) is 224 Å². The van der Waals surface area contributed by atoms with Crippen LogP contribution in [0, 0.1) is 0 Å². The normalized spacial score (nSPS) is 12.6. The Labute approximate surface area is 352 Å². The van der Waals surface area contributed by atoms with Crippen molar-refractivity contribution >= 4 is 38.6 Å². The molecule has 0 N–H and O–H groups in total. The Morgan fingerprint density at radius 1 is 0.317 bits per heavy atom. The van der Waals surface area contributed by atoms with Gasteiger partial charge in [-0.1, -0.05) is 202 Å². The van der Waals surface area contributed by atoms with Gasteiger partial charge in [0.2, 0.25) is 0 Å². The van der Waals surface area contributed by atoms with E-state index in [1.807, 2.05) is 0 Å². The Kier molecular flexibility index (Phi) is 8.57. The second-order valence-corrected chi connectivity index (χ2v) is 16.5. The highest BCUT2D eigenvalue weighted by Crippen LogP contribution is 2.52. The van der Waals surface area contributed by atoms with Crippen molar-refractivity contribution in [1.82, 2.24) is 0 Å². The number of hydrogen-bond acceptors (Lipinski definition) is 1. The van der Waals surface area contributed by atoms with Crippen LogP contribution in [0.5, 0.6) is 0 Å². The topological polar surface area (TPSA) is 3.24 Å². The smallest absolute Gasteiger partial charge is 0.0546 e. The Morgan fingerprint density at radius 3 is 1.58 bits per heavy atom. The van der Waals surface area contributed by atoms with Gasteiger partial charge < -0.3 is 4.90 Å². The third-order valence-electron chi connectivity index (χ3n) is 12.7. The number of rotatable bonds is 7. The maximum Gasteiger partial charge on any atom is 0.0546 e. The Morgan fingerprint density at radius 2 is 0.850 bits per heavy atom. The third kappa shape index (κ3) is 5.85. The van der Waals surface area contributed by atoms with Gasteiger partial charge in [-0.3, -0.25) is 0 Å². The van der Waals surface area contributed by atoms with Crippen molar-refractivity contribution in [2.45, 2.75) is 19.3 Å². The molecule has 11 rings (SSSR count). The fourth-order valence-corrected chi connectivity index (χ4v) is 9.79. The molecule has 1 aliphatic rings. The first-order chi connectivity index (χ1) is 29.5. The lowest BCUT2D eigenvalue weighted by Crippen LogP contribution is -2.17. The zero-order valence-electron chi connectivity index (χ0n) is 33.8. The highest BCUT2D eigenvalue weighted by atomic mass is 15.1. The van der Waals surface area contributed by atoms with Gasteiger partial charge in [0.05, 0.1) is 5.69 Å². The van der Waals surface area contributed by atoms with Crippen LogP contribution in [0.25, 0.3) is 77.2 Å². The number of anilines is 3. The van der Waals surface area contributed by atoms with Gasteiger partial charge in [-0.2, -0.15) is 0 Å². The van der Waals surface area contributed by atoms with E-state index in [9.17, 15) is 0 Å². The van der Waals surface area contributed by atoms with Crippen LogP contribution in [-0.4, -0.2) is 0 Å². The Bertz CT molecular complexity index is 3210. The second kappa shape index (κ2) is 14.4. The quantitative estimate of drug-likeness (QED) is 0.146. The first-order valence-corrected chi connectivity index (χ1v) is 20.9. The van der Waals surface area contributed by atoms with Crippen molar-refractivity contribution < 1.29 is 0 Å².